The molecule has 2 aromatic carbocycles. The molecule has 0 aromatic heterocycles. The van der Waals surface area contributed by atoms with Gasteiger partial charge in [-0.15, -0.1) is 0 Å². The number of anilines is 2. The number of ketones is 2. The van der Waals surface area contributed by atoms with Crippen molar-refractivity contribution in [2.24, 2.45) is 0 Å². The van der Waals surface area contributed by atoms with Gasteiger partial charge >= 0.3 is 0 Å². The summed E-state index contributed by atoms with van der Waals surface area (Å²) in [6.07, 6.45) is 0. The van der Waals surface area contributed by atoms with E-state index in [2.05, 4.69) is 52.2 Å². The monoisotopic (exact) mass is 494 g/mol. The Balaban J connectivity index is 1.94. The zero-order valence-electron chi connectivity index (χ0n) is 23.2. The first-order chi connectivity index (χ1) is 17.3. The molecule has 6 nitrogen and oxygen atoms in total. The van der Waals surface area contributed by atoms with Gasteiger partial charge < -0.3 is 19.6 Å². The van der Waals surface area contributed by atoms with Crippen LogP contribution in [0.1, 0.15) is 73.4 Å². The minimum Gasteiger partial charge on any atom is -0.379 e. The Hall–Kier alpha value is -2.70. The molecule has 0 heterocycles. The van der Waals surface area contributed by atoms with Gasteiger partial charge in [-0.05, 0) is 53.7 Å². The van der Waals surface area contributed by atoms with Crippen molar-refractivity contribution in [1.82, 2.24) is 0 Å². The molecule has 2 aromatic rings. The molecule has 36 heavy (non-hydrogen) atoms. The fourth-order valence-electron chi connectivity index (χ4n) is 5.66. The van der Waals surface area contributed by atoms with E-state index < -0.39 is 0 Å². The maximum atomic E-state index is 13.7. The van der Waals surface area contributed by atoms with E-state index in [1.807, 2.05) is 24.3 Å². The maximum absolute atomic E-state index is 13.7. The molecule has 0 radical (unpaired) electrons. The Morgan fingerprint density at radius 3 is 1.19 bits per heavy atom. The molecule has 0 bridgehead atoms. The van der Waals surface area contributed by atoms with Gasteiger partial charge in [0.2, 0.25) is 0 Å². The molecule has 0 fully saturated rings. The average Bonchev–Trinajstić information content (AvgIpc) is 2.93. The zero-order valence-corrected chi connectivity index (χ0v) is 23.2. The lowest BCUT2D eigenvalue weighted by atomic mass is 9.82. The summed E-state index contributed by atoms with van der Waals surface area (Å²) in [4.78, 5) is 27.4. The first kappa shape index (κ1) is 27.9. The predicted molar refractivity (Wildman–Crippen MR) is 150 cm³/mol. The number of carbonyl (C=O) groups is 2. The first-order valence-electron chi connectivity index (χ1n) is 13.9. The summed E-state index contributed by atoms with van der Waals surface area (Å²) in [5, 5.41) is 7.06. The van der Waals surface area contributed by atoms with Crippen LogP contribution in [0.15, 0.2) is 36.4 Å². The second-order valence-corrected chi connectivity index (χ2v) is 10.00. The fourth-order valence-corrected chi connectivity index (χ4v) is 5.66. The average molecular weight is 495 g/mol. The standard InChI is InChI=1S/C30H44N4O2/c1-7-33(8-2,9-3)21-19-31-25-17-18-26(32-20-22-34(10-4,11-5)12-6)28-27(25)29(35)23-15-13-14-16-24(23)30(28)36/h13-18H,7-12,19-22H2,1-6H3/p+2. The van der Waals surface area contributed by atoms with Crippen LogP contribution >= 0.6 is 0 Å². The summed E-state index contributed by atoms with van der Waals surface area (Å²) < 4.78 is 2.05. The number of carbonyl (C=O) groups excluding carboxylic acids is 2. The zero-order chi connectivity index (χ0) is 26.3. The van der Waals surface area contributed by atoms with Crippen LogP contribution in [0.4, 0.5) is 11.4 Å². The summed E-state index contributed by atoms with van der Waals surface area (Å²) >= 11 is 0. The van der Waals surface area contributed by atoms with Crippen LogP contribution in [-0.4, -0.2) is 86.0 Å². The fraction of sp³-hybridized carbons (Fsp3) is 0.533. The number of hydrogen-bond donors (Lipinski definition) is 2. The van der Waals surface area contributed by atoms with Crippen LogP contribution in [0.5, 0.6) is 0 Å². The summed E-state index contributed by atoms with van der Waals surface area (Å²) in [7, 11) is 0. The molecule has 0 atom stereocenters. The molecule has 3 rings (SSSR count). The number of quaternary nitrogens is 2. The smallest absolute Gasteiger partial charge is 0.196 e. The molecule has 0 saturated carbocycles. The van der Waals surface area contributed by atoms with E-state index in [9.17, 15) is 9.59 Å². The third-order valence-electron chi connectivity index (χ3n) is 8.90. The van der Waals surface area contributed by atoms with E-state index in [1.54, 1.807) is 12.1 Å². The topological polar surface area (TPSA) is 58.2 Å². The van der Waals surface area contributed by atoms with Crippen LogP contribution in [0.2, 0.25) is 0 Å². The second-order valence-electron chi connectivity index (χ2n) is 10.00. The number of rotatable bonds is 14. The van der Waals surface area contributed by atoms with Crippen molar-refractivity contribution < 1.29 is 18.6 Å². The van der Waals surface area contributed by atoms with Crippen molar-refractivity contribution in [3.05, 3.63) is 58.7 Å². The summed E-state index contributed by atoms with van der Waals surface area (Å²) in [6.45, 7) is 23.3. The molecule has 0 unspecified atom stereocenters. The lowest BCUT2D eigenvalue weighted by Gasteiger charge is -2.36. The highest BCUT2D eigenvalue weighted by molar-refractivity contribution is 6.31. The Morgan fingerprint density at radius 2 is 0.889 bits per heavy atom. The Bertz CT molecular complexity index is 970. The van der Waals surface area contributed by atoms with Gasteiger partial charge in [-0.25, -0.2) is 0 Å². The van der Waals surface area contributed by atoms with Crippen molar-refractivity contribution in [3.8, 4) is 0 Å². The molecule has 0 amide bonds. The van der Waals surface area contributed by atoms with Crippen molar-refractivity contribution in [2.45, 2.75) is 41.5 Å². The Labute approximate surface area is 217 Å². The van der Waals surface area contributed by atoms with Crippen molar-refractivity contribution in [3.63, 3.8) is 0 Å². The van der Waals surface area contributed by atoms with Crippen molar-refractivity contribution in [2.75, 3.05) is 76.1 Å². The van der Waals surface area contributed by atoms with Crippen LogP contribution in [0.25, 0.3) is 0 Å². The summed E-state index contributed by atoms with van der Waals surface area (Å²) in [5.41, 5.74) is 3.52. The number of nitrogens with zero attached hydrogens (tertiary/aromatic N) is 2. The lowest BCUT2D eigenvalue weighted by molar-refractivity contribution is -0.921. The van der Waals surface area contributed by atoms with Crippen LogP contribution in [-0.2, 0) is 0 Å². The predicted octanol–water partition coefficient (Wildman–Crippen LogP) is 5.04. The molecular weight excluding hydrogens is 448 g/mol. The van der Waals surface area contributed by atoms with E-state index in [0.29, 0.717) is 22.3 Å². The van der Waals surface area contributed by atoms with Gasteiger partial charge in [0.1, 0.15) is 0 Å². The highest BCUT2D eigenvalue weighted by Gasteiger charge is 2.34. The molecule has 1 aliphatic rings. The third-order valence-corrected chi connectivity index (χ3v) is 8.90. The molecule has 0 spiro atoms. The van der Waals surface area contributed by atoms with Crippen LogP contribution in [0.3, 0.4) is 0 Å². The molecule has 1 aliphatic carbocycles. The van der Waals surface area contributed by atoms with E-state index >= 15 is 0 Å². The largest absolute Gasteiger partial charge is 0.379 e. The van der Waals surface area contributed by atoms with E-state index in [-0.39, 0.29) is 11.6 Å². The molecular formula is C30H46N4O2+2. The highest BCUT2D eigenvalue weighted by Crippen LogP contribution is 2.36. The lowest BCUT2D eigenvalue weighted by Crippen LogP contribution is -2.50. The number of fused-ring (bicyclic) bond motifs is 2. The summed E-state index contributed by atoms with van der Waals surface area (Å²) in [6, 6.07) is 11.1. The van der Waals surface area contributed by atoms with Gasteiger partial charge in [0, 0.05) is 22.5 Å². The maximum Gasteiger partial charge on any atom is 0.196 e. The molecule has 0 aliphatic heterocycles. The van der Waals surface area contributed by atoms with E-state index in [4.69, 9.17) is 0 Å². The normalized spacial score (nSPS) is 13.4. The van der Waals surface area contributed by atoms with Gasteiger partial charge in [-0.3, -0.25) is 9.59 Å². The van der Waals surface area contributed by atoms with Gasteiger partial charge in [0.15, 0.2) is 11.6 Å². The number of hydrogen-bond acceptors (Lipinski definition) is 4. The molecule has 0 saturated heterocycles. The van der Waals surface area contributed by atoms with E-state index in [1.165, 1.54) is 0 Å². The van der Waals surface area contributed by atoms with Crippen LogP contribution < -0.4 is 10.6 Å². The minimum atomic E-state index is -0.0746. The summed E-state index contributed by atoms with van der Waals surface area (Å²) in [5.74, 6) is -0.149. The molecule has 2 N–H and O–H groups in total. The van der Waals surface area contributed by atoms with Gasteiger partial charge in [-0.1, -0.05) is 24.3 Å². The third kappa shape index (κ3) is 5.35. The van der Waals surface area contributed by atoms with Gasteiger partial charge in [0.25, 0.3) is 0 Å². The number of benzene rings is 2. The van der Waals surface area contributed by atoms with Crippen molar-refractivity contribution in [1.29, 1.82) is 0 Å². The van der Waals surface area contributed by atoms with E-state index in [0.717, 1.165) is 85.8 Å². The number of nitrogens with one attached hydrogen (secondary N) is 2. The van der Waals surface area contributed by atoms with Gasteiger partial charge in [-0.2, -0.15) is 0 Å². The first-order valence-corrected chi connectivity index (χ1v) is 13.9. The van der Waals surface area contributed by atoms with Gasteiger partial charge in [0.05, 0.1) is 76.6 Å². The second kappa shape index (κ2) is 12.0. The molecule has 196 valence electrons. The van der Waals surface area contributed by atoms with Crippen molar-refractivity contribution >= 4 is 22.9 Å². The molecule has 6 heteroatoms. The highest BCUT2D eigenvalue weighted by atomic mass is 16.1. The number of likely N-dealkylation sites (N-methyl/N-ethyl adjacent to an activating group) is 2. The SMILES string of the molecule is CC[N+](CC)(CC)CCNc1ccc(NCC[N+](CC)(CC)CC)c2c1C(=O)c1ccccc1C2=O. The quantitative estimate of drug-likeness (QED) is 0.308. The Kier molecular flexibility index (Phi) is 9.31. The minimum absolute atomic E-state index is 0.0746. The van der Waals surface area contributed by atoms with Crippen LogP contribution in [0, 0.1) is 0 Å². The Morgan fingerprint density at radius 1 is 0.556 bits per heavy atom.